The summed E-state index contributed by atoms with van der Waals surface area (Å²) < 4.78 is 43.4. The van der Waals surface area contributed by atoms with Gasteiger partial charge in [-0.15, -0.1) is 0 Å². The van der Waals surface area contributed by atoms with E-state index in [1.54, 1.807) is 0 Å². The second kappa shape index (κ2) is 4.15. The number of fused-ring (bicyclic) bond motifs is 2. The highest BCUT2D eigenvalue weighted by Crippen LogP contribution is 2.43. The van der Waals surface area contributed by atoms with Gasteiger partial charge in [-0.05, 0) is 0 Å². The van der Waals surface area contributed by atoms with Gasteiger partial charge in [0.05, 0.1) is 11.1 Å². The number of nitrogens with one attached hydrogen (secondary N) is 1. The molecule has 7 heteroatoms. The SMILES string of the molecule is NCCNC(=O)C1=C(C(F)(F)F)C2C=CC1O2. The number of rotatable bonds is 3. The van der Waals surface area contributed by atoms with Gasteiger partial charge in [-0.25, -0.2) is 0 Å². The highest BCUT2D eigenvalue weighted by atomic mass is 19.4. The first-order valence-electron chi connectivity index (χ1n) is 5.08. The fraction of sp³-hybridized carbons (Fsp3) is 0.500. The van der Waals surface area contributed by atoms with Gasteiger partial charge in [-0.2, -0.15) is 13.2 Å². The van der Waals surface area contributed by atoms with Gasteiger partial charge in [-0.1, -0.05) is 12.2 Å². The van der Waals surface area contributed by atoms with Crippen molar-refractivity contribution in [3.63, 3.8) is 0 Å². The minimum atomic E-state index is -4.56. The van der Waals surface area contributed by atoms with E-state index in [9.17, 15) is 18.0 Å². The first-order chi connectivity index (χ1) is 7.95. The van der Waals surface area contributed by atoms with Gasteiger partial charge in [0, 0.05) is 13.1 Å². The standard InChI is InChI=1S/C10H11F3N2O2/c11-10(12,13)8-6-2-1-5(17-6)7(8)9(16)15-4-3-14/h1-2,5-6H,3-4,14H2,(H,15,16). The Kier molecular flexibility index (Phi) is 2.96. The highest BCUT2D eigenvalue weighted by molar-refractivity contribution is 5.97. The van der Waals surface area contributed by atoms with E-state index in [1.165, 1.54) is 12.2 Å². The molecule has 2 aliphatic rings. The van der Waals surface area contributed by atoms with Crippen LogP contribution in [0.4, 0.5) is 13.2 Å². The summed E-state index contributed by atoms with van der Waals surface area (Å²) in [5, 5.41) is 2.33. The number of halogens is 3. The first kappa shape index (κ1) is 12.1. The Hall–Kier alpha value is -1.34. The van der Waals surface area contributed by atoms with Crippen molar-refractivity contribution < 1.29 is 22.7 Å². The van der Waals surface area contributed by atoms with Gasteiger partial charge in [0.1, 0.15) is 12.2 Å². The minimum absolute atomic E-state index is 0.134. The normalized spacial score (nSPS) is 26.8. The van der Waals surface area contributed by atoms with Crippen molar-refractivity contribution in [2.45, 2.75) is 18.4 Å². The lowest BCUT2D eigenvalue weighted by Crippen LogP contribution is -2.34. The van der Waals surface area contributed by atoms with Crippen LogP contribution in [0.3, 0.4) is 0 Å². The van der Waals surface area contributed by atoms with Crippen LogP contribution >= 0.6 is 0 Å². The van der Waals surface area contributed by atoms with Crippen molar-refractivity contribution in [2.75, 3.05) is 13.1 Å². The molecule has 3 N–H and O–H groups in total. The lowest BCUT2D eigenvalue weighted by atomic mass is 9.96. The smallest absolute Gasteiger partial charge is 0.357 e. The molecule has 0 aliphatic carbocycles. The molecular weight excluding hydrogens is 237 g/mol. The summed E-state index contributed by atoms with van der Waals surface area (Å²) in [5.41, 5.74) is 3.92. The third kappa shape index (κ3) is 2.07. The van der Waals surface area contributed by atoms with Crippen LogP contribution in [0.15, 0.2) is 23.3 Å². The number of hydrogen-bond donors (Lipinski definition) is 2. The zero-order valence-corrected chi connectivity index (χ0v) is 8.75. The van der Waals surface area contributed by atoms with Gasteiger partial charge >= 0.3 is 6.18 Å². The molecule has 0 saturated carbocycles. The highest BCUT2D eigenvalue weighted by Gasteiger charge is 2.51. The lowest BCUT2D eigenvalue weighted by molar-refractivity contribution is -0.119. The molecule has 0 aromatic carbocycles. The van der Waals surface area contributed by atoms with Gasteiger partial charge in [0.2, 0.25) is 0 Å². The number of alkyl halides is 3. The van der Waals surface area contributed by atoms with Crippen LogP contribution in [0.1, 0.15) is 0 Å². The van der Waals surface area contributed by atoms with Gasteiger partial charge in [0.15, 0.2) is 0 Å². The van der Waals surface area contributed by atoms with Crippen LogP contribution in [0, 0.1) is 0 Å². The molecule has 2 unspecified atom stereocenters. The molecule has 17 heavy (non-hydrogen) atoms. The van der Waals surface area contributed by atoms with E-state index in [0.29, 0.717) is 0 Å². The van der Waals surface area contributed by atoms with E-state index in [4.69, 9.17) is 10.5 Å². The van der Waals surface area contributed by atoms with E-state index >= 15 is 0 Å². The van der Waals surface area contributed by atoms with Crippen molar-refractivity contribution in [1.82, 2.24) is 5.32 Å². The second-order valence-electron chi connectivity index (χ2n) is 3.73. The average Bonchev–Trinajstić information content (AvgIpc) is 2.83. The zero-order chi connectivity index (χ0) is 12.6. The van der Waals surface area contributed by atoms with Gasteiger partial charge < -0.3 is 15.8 Å². The molecule has 2 aliphatic heterocycles. The van der Waals surface area contributed by atoms with Crippen molar-refractivity contribution in [3.05, 3.63) is 23.3 Å². The fourth-order valence-corrected chi connectivity index (χ4v) is 1.93. The molecule has 4 nitrogen and oxygen atoms in total. The summed E-state index contributed by atoms with van der Waals surface area (Å²) >= 11 is 0. The van der Waals surface area contributed by atoms with Crippen molar-refractivity contribution >= 4 is 5.91 Å². The van der Waals surface area contributed by atoms with Crippen LogP contribution in [0.2, 0.25) is 0 Å². The largest absolute Gasteiger partial charge is 0.416 e. The molecule has 0 fully saturated rings. The molecule has 94 valence electrons. The first-order valence-corrected chi connectivity index (χ1v) is 5.08. The molecule has 2 heterocycles. The molecule has 0 aromatic heterocycles. The Bertz CT molecular complexity index is 401. The number of ether oxygens (including phenoxy) is 1. The van der Waals surface area contributed by atoms with E-state index in [1.807, 2.05) is 0 Å². The quantitative estimate of drug-likeness (QED) is 0.704. The predicted molar refractivity (Wildman–Crippen MR) is 52.9 cm³/mol. The van der Waals surface area contributed by atoms with Crippen LogP contribution in [-0.4, -0.2) is 37.4 Å². The molecule has 2 rings (SSSR count). The molecular formula is C10H11F3N2O2. The molecule has 1 amide bonds. The number of amides is 1. The molecule has 0 spiro atoms. The predicted octanol–water partition coefficient (Wildman–Crippen LogP) is 0.257. The Morgan fingerprint density at radius 2 is 2.06 bits per heavy atom. The van der Waals surface area contributed by atoms with Gasteiger partial charge in [0.25, 0.3) is 5.91 Å². The maximum atomic E-state index is 12.8. The summed E-state index contributed by atoms with van der Waals surface area (Å²) in [7, 11) is 0. The summed E-state index contributed by atoms with van der Waals surface area (Å²) in [5.74, 6) is -0.764. The van der Waals surface area contributed by atoms with Crippen LogP contribution in [0.5, 0.6) is 0 Å². The van der Waals surface area contributed by atoms with Crippen LogP contribution < -0.4 is 11.1 Å². The second-order valence-corrected chi connectivity index (χ2v) is 3.73. The molecule has 2 atom stereocenters. The summed E-state index contributed by atoms with van der Waals surface area (Å²) in [4.78, 5) is 11.6. The Labute approximate surface area is 95.3 Å². The van der Waals surface area contributed by atoms with Crippen LogP contribution in [0.25, 0.3) is 0 Å². The number of carbonyl (C=O) groups excluding carboxylic acids is 1. The maximum Gasteiger partial charge on any atom is 0.416 e. The average molecular weight is 248 g/mol. The Morgan fingerprint density at radius 3 is 2.65 bits per heavy atom. The third-order valence-corrected chi connectivity index (χ3v) is 2.59. The molecule has 0 radical (unpaired) electrons. The summed E-state index contributed by atoms with van der Waals surface area (Å²) in [6.07, 6.45) is -3.84. The fourth-order valence-electron chi connectivity index (χ4n) is 1.93. The van der Waals surface area contributed by atoms with Crippen molar-refractivity contribution in [1.29, 1.82) is 0 Å². The number of carbonyl (C=O) groups is 1. The molecule has 0 saturated heterocycles. The lowest BCUT2D eigenvalue weighted by Gasteiger charge is -2.15. The monoisotopic (exact) mass is 248 g/mol. The van der Waals surface area contributed by atoms with E-state index in [0.717, 1.165) is 0 Å². The van der Waals surface area contributed by atoms with Crippen molar-refractivity contribution in [2.24, 2.45) is 5.73 Å². The minimum Gasteiger partial charge on any atom is -0.357 e. The number of hydrogen-bond acceptors (Lipinski definition) is 3. The van der Waals surface area contributed by atoms with Crippen LogP contribution in [-0.2, 0) is 9.53 Å². The maximum absolute atomic E-state index is 12.8. The topological polar surface area (TPSA) is 64.3 Å². The third-order valence-electron chi connectivity index (χ3n) is 2.59. The van der Waals surface area contributed by atoms with E-state index in [2.05, 4.69) is 5.32 Å². The van der Waals surface area contributed by atoms with Crippen molar-refractivity contribution in [3.8, 4) is 0 Å². The van der Waals surface area contributed by atoms with Gasteiger partial charge in [-0.3, -0.25) is 4.79 Å². The Balaban J connectivity index is 2.28. The molecule has 0 aromatic rings. The zero-order valence-electron chi connectivity index (χ0n) is 8.75. The van der Waals surface area contributed by atoms with E-state index in [-0.39, 0.29) is 18.7 Å². The Morgan fingerprint density at radius 1 is 1.41 bits per heavy atom. The summed E-state index contributed by atoms with van der Waals surface area (Å²) in [6, 6.07) is 0. The van der Waals surface area contributed by atoms with E-state index < -0.39 is 29.9 Å². The molecule has 2 bridgehead atoms. The number of nitrogens with two attached hydrogens (primary N) is 1. The summed E-state index contributed by atoms with van der Waals surface area (Å²) in [6.45, 7) is 0.305.